The molecule has 96 valence electrons. The zero-order valence-corrected chi connectivity index (χ0v) is 9.98. The molecule has 1 aliphatic heterocycles. The number of carbonyl (C=O) groups excluding carboxylic acids is 2. The highest BCUT2D eigenvalue weighted by Gasteiger charge is 2.18. The highest BCUT2D eigenvalue weighted by molar-refractivity contribution is 6.01. The number of nitrogen functional groups attached to an aromatic ring is 1. The summed E-state index contributed by atoms with van der Waals surface area (Å²) < 4.78 is 0. The summed E-state index contributed by atoms with van der Waals surface area (Å²) in [5.74, 6) is -0.513. The summed E-state index contributed by atoms with van der Waals surface area (Å²) in [4.78, 5) is 24.5. The molecule has 1 fully saturated rings. The van der Waals surface area contributed by atoms with Crippen LogP contribution >= 0.6 is 0 Å². The molecule has 1 aliphatic rings. The number of primary amides is 1. The molecule has 1 saturated heterocycles. The van der Waals surface area contributed by atoms with Crippen molar-refractivity contribution in [1.82, 2.24) is 5.32 Å². The second-order valence-corrected chi connectivity index (χ2v) is 4.19. The monoisotopic (exact) mass is 248 g/mol. The summed E-state index contributed by atoms with van der Waals surface area (Å²) in [7, 11) is 0. The Balaban J connectivity index is 2.30. The minimum absolute atomic E-state index is 0.0297. The van der Waals surface area contributed by atoms with Gasteiger partial charge in [-0.3, -0.25) is 9.59 Å². The molecule has 1 aromatic carbocycles. The molecule has 5 N–H and O–H groups in total. The zero-order chi connectivity index (χ0) is 13.1. The zero-order valence-electron chi connectivity index (χ0n) is 9.98. The van der Waals surface area contributed by atoms with Gasteiger partial charge in [-0.1, -0.05) is 6.07 Å². The van der Waals surface area contributed by atoms with Gasteiger partial charge >= 0.3 is 0 Å². The molecule has 0 aromatic heterocycles. The van der Waals surface area contributed by atoms with E-state index in [9.17, 15) is 9.59 Å². The number of nitrogens with one attached hydrogen (secondary N) is 1. The standard InChI is InChI=1S/C12H16N4O2/c13-11-8(12(14)18)2-1-3-9(11)16-6-4-10(17)15-5-7-16/h1-3H,4-7,13H2,(H2,14,18)(H,15,17). The maximum Gasteiger partial charge on any atom is 0.250 e. The topological polar surface area (TPSA) is 101 Å². The third kappa shape index (κ3) is 2.37. The fraction of sp³-hybridized carbons (Fsp3) is 0.333. The summed E-state index contributed by atoms with van der Waals surface area (Å²) >= 11 is 0. The number of rotatable bonds is 2. The van der Waals surface area contributed by atoms with Gasteiger partial charge in [0.05, 0.1) is 16.9 Å². The van der Waals surface area contributed by atoms with Crippen LogP contribution in [0.25, 0.3) is 0 Å². The van der Waals surface area contributed by atoms with E-state index < -0.39 is 5.91 Å². The molecule has 0 saturated carbocycles. The molecule has 0 spiro atoms. The number of nitrogens with zero attached hydrogens (tertiary/aromatic N) is 1. The summed E-state index contributed by atoms with van der Waals surface area (Å²) in [5.41, 5.74) is 12.7. The lowest BCUT2D eigenvalue weighted by Crippen LogP contribution is -2.29. The van der Waals surface area contributed by atoms with Crippen molar-refractivity contribution in [3.8, 4) is 0 Å². The van der Waals surface area contributed by atoms with Crippen molar-refractivity contribution < 1.29 is 9.59 Å². The molecule has 0 bridgehead atoms. The third-order valence-electron chi connectivity index (χ3n) is 3.00. The average molecular weight is 248 g/mol. The van der Waals surface area contributed by atoms with E-state index in [0.29, 0.717) is 37.3 Å². The van der Waals surface area contributed by atoms with Crippen molar-refractivity contribution in [2.24, 2.45) is 5.73 Å². The predicted molar refractivity (Wildman–Crippen MR) is 69.2 cm³/mol. The fourth-order valence-corrected chi connectivity index (χ4v) is 2.05. The first-order valence-corrected chi connectivity index (χ1v) is 5.79. The van der Waals surface area contributed by atoms with E-state index in [-0.39, 0.29) is 5.91 Å². The first kappa shape index (κ1) is 12.2. The van der Waals surface area contributed by atoms with Crippen LogP contribution in [0.4, 0.5) is 11.4 Å². The highest BCUT2D eigenvalue weighted by atomic mass is 16.2. The number of benzene rings is 1. The van der Waals surface area contributed by atoms with Gasteiger partial charge in [0.1, 0.15) is 0 Å². The Hall–Kier alpha value is -2.24. The van der Waals surface area contributed by atoms with Crippen LogP contribution in [-0.2, 0) is 4.79 Å². The SMILES string of the molecule is NC(=O)c1cccc(N2CCNC(=O)CC2)c1N. The van der Waals surface area contributed by atoms with Crippen LogP contribution in [0.2, 0.25) is 0 Å². The van der Waals surface area contributed by atoms with Crippen LogP contribution in [0.3, 0.4) is 0 Å². The minimum atomic E-state index is -0.543. The number of hydrogen-bond acceptors (Lipinski definition) is 4. The number of nitrogens with two attached hydrogens (primary N) is 2. The normalized spacial score (nSPS) is 16.0. The molecule has 18 heavy (non-hydrogen) atoms. The van der Waals surface area contributed by atoms with Gasteiger partial charge in [0.2, 0.25) is 5.91 Å². The van der Waals surface area contributed by atoms with E-state index in [1.54, 1.807) is 12.1 Å². The van der Waals surface area contributed by atoms with Crippen LogP contribution in [0.5, 0.6) is 0 Å². The van der Waals surface area contributed by atoms with Crippen LogP contribution < -0.4 is 21.7 Å². The van der Waals surface area contributed by atoms with Crippen molar-refractivity contribution in [1.29, 1.82) is 0 Å². The summed E-state index contributed by atoms with van der Waals surface area (Å²) in [6.07, 6.45) is 0.417. The van der Waals surface area contributed by atoms with Crippen molar-refractivity contribution in [3.05, 3.63) is 23.8 Å². The quantitative estimate of drug-likeness (QED) is 0.625. The molecule has 0 atom stereocenters. The van der Waals surface area contributed by atoms with Gasteiger partial charge in [-0.25, -0.2) is 0 Å². The summed E-state index contributed by atoms with van der Waals surface area (Å²) in [6, 6.07) is 5.17. The van der Waals surface area contributed by atoms with Gasteiger partial charge in [0, 0.05) is 26.1 Å². The van der Waals surface area contributed by atoms with Crippen LogP contribution in [0.1, 0.15) is 16.8 Å². The minimum Gasteiger partial charge on any atom is -0.396 e. The van der Waals surface area contributed by atoms with E-state index in [2.05, 4.69) is 5.32 Å². The first-order chi connectivity index (χ1) is 8.59. The Bertz CT molecular complexity index is 487. The van der Waals surface area contributed by atoms with Crippen molar-refractivity contribution in [3.63, 3.8) is 0 Å². The van der Waals surface area contributed by atoms with Gasteiger partial charge in [-0.05, 0) is 12.1 Å². The molecule has 2 amide bonds. The molecule has 0 unspecified atom stereocenters. The van der Waals surface area contributed by atoms with E-state index in [1.807, 2.05) is 11.0 Å². The number of anilines is 2. The fourth-order valence-electron chi connectivity index (χ4n) is 2.05. The Labute approximate surface area is 105 Å². The van der Waals surface area contributed by atoms with Gasteiger partial charge in [0.15, 0.2) is 0 Å². The lowest BCUT2D eigenvalue weighted by atomic mass is 10.1. The van der Waals surface area contributed by atoms with Gasteiger partial charge in [0.25, 0.3) is 5.91 Å². The van der Waals surface area contributed by atoms with E-state index >= 15 is 0 Å². The molecule has 6 heteroatoms. The maximum atomic E-state index is 11.3. The van der Waals surface area contributed by atoms with Gasteiger partial charge in [-0.2, -0.15) is 0 Å². The molecular weight excluding hydrogens is 232 g/mol. The second-order valence-electron chi connectivity index (χ2n) is 4.19. The lowest BCUT2D eigenvalue weighted by molar-refractivity contribution is -0.120. The van der Waals surface area contributed by atoms with Crippen molar-refractivity contribution in [2.45, 2.75) is 6.42 Å². The highest BCUT2D eigenvalue weighted by Crippen LogP contribution is 2.26. The van der Waals surface area contributed by atoms with Gasteiger partial charge < -0.3 is 21.7 Å². The Kier molecular flexibility index (Phi) is 3.36. The number of carbonyl (C=O) groups is 2. The van der Waals surface area contributed by atoms with Crippen molar-refractivity contribution in [2.75, 3.05) is 30.3 Å². The van der Waals surface area contributed by atoms with E-state index in [0.717, 1.165) is 5.69 Å². The summed E-state index contributed by atoms with van der Waals surface area (Å²) in [6.45, 7) is 1.81. The number of amides is 2. The van der Waals surface area contributed by atoms with Gasteiger partial charge in [-0.15, -0.1) is 0 Å². The molecule has 2 rings (SSSR count). The van der Waals surface area contributed by atoms with Crippen LogP contribution in [0, 0.1) is 0 Å². The third-order valence-corrected chi connectivity index (χ3v) is 3.00. The number of para-hydroxylation sites is 1. The second kappa shape index (κ2) is 4.95. The Morgan fingerprint density at radius 2 is 2.11 bits per heavy atom. The first-order valence-electron chi connectivity index (χ1n) is 5.79. The smallest absolute Gasteiger partial charge is 0.250 e. The van der Waals surface area contributed by atoms with E-state index in [4.69, 9.17) is 11.5 Å². The van der Waals surface area contributed by atoms with Crippen LogP contribution in [-0.4, -0.2) is 31.4 Å². The van der Waals surface area contributed by atoms with Crippen molar-refractivity contribution >= 4 is 23.2 Å². The Morgan fingerprint density at radius 1 is 1.33 bits per heavy atom. The molecule has 1 heterocycles. The molecule has 1 aromatic rings. The predicted octanol–water partition coefficient (Wildman–Crippen LogP) is -0.306. The molecule has 0 radical (unpaired) electrons. The van der Waals surface area contributed by atoms with E-state index in [1.165, 1.54) is 0 Å². The van der Waals surface area contributed by atoms with Crippen LogP contribution in [0.15, 0.2) is 18.2 Å². The maximum absolute atomic E-state index is 11.3. The Morgan fingerprint density at radius 3 is 2.83 bits per heavy atom. The summed E-state index contributed by atoms with van der Waals surface area (Å²) in [5, 5.41) is 2.79. The molecule has 6 nitrogen and oxygen atoms in total. The average Bonchev–Trinajstić information content (AvgIpc) is 2.54. The largest absolute Gasteiger partial charge is 0.396 e. The number of hydrogen-bond donors (Lipinski definition) is 3. The molecule has 0 aliphatic carbocycles. The molecular formula is C12H16N4O2. The lowest BCUT2D eigenvalue weighted by Gasteiger charge is -2.24.